The lowest BCUT2D eigenvalue weighted by Gasteiger charge is -2.21. The third-order valence-electron chi connectivity index (χ3n) is 6.67. The number of carboxylic acids is 1. The first-order valence-corrected chi connectivity index (χ1v) is 13.6. The molecular weight excluding hydrogens is 490 g/mol. The number of aryl methyl sites for hydroxylation is 1. The van der Waals surface area contributed by atoms with Gasteiger partial charge in [0.15, 0.2) is 5.82 Å². The van der Waals surface area contributed by atoms with Gasteiger partial charge in [-0.15, -0.1) is 0 Å². The Morgan fingerprint density at radius 2 is 1.46 bits per heavy atom. The Balaban J connectivity index is 1.40. The van der Waals surface area contributed by atoms with E-state index in [1.165, 1.54) is 37.0 Å². The SMILES string of the molecule is CCCCCCCCc1noc(-c2ccc(CN(Cc3cccc(-c4ccccc4)c3)C(=O)C(=O)O)cc2)n1. The van der Waals surface area contributed by atoms with Crippen LogP contribution in [-0.2, 0) is 29.1 Å². The highest BCUT2D eigenvalue weighted by Crippen LogP contribution is 2.23. The summed E-state index contributed by atoms with van der Waals surface area (Å²) in [5, 5.41) is 13.5. The molecule has 1 aromatic heterocycles. The maximum absolute atomic E-state index is 12.6. The summed E-state index contributed by atoms with van der Waals surface area (Å²) in [7, 11) is 0. The average molecular weight is 526 g/mol. The fourth-order valence-electron chi connectivity index (χ4n) is 4.54. The molecule has 39 heavy (non-hydrogen) atoms. The Morgan fingerprint density at radius 1 is 0.769 bits per heavy atom. The van der Waals surface area contributed by atoms with Gasteiger partial charge in [0, 0.05) is 25.1 Å². The average Bonchev–Trinajstić information content (AvgIpc) is 3.44. The van der Waals surface area contributed by atoms with Crippen molar-refractivity contribution < 1.29 is 19.2 Å². The van der Waals surface area contributed by atoms with Crippen molar-refractivity contribution in [2.45, 2.75) is 65.0 Å². The fraction of sp³-hybridized carbons (Fsp3) is 0.312. The first-order chi connectivity index (χ1) is 19.0. The molecule has 7 heteroatoms. The van der Waals surface area contributed by atoms with E-state index in [1.54, 1.807) is 0 Å². The summed E-state index contributed by atoms with van der Waals surface area (Å²) in [5.41, 5.74) is 4.51. The highest BCUT2D eigenvalue weighted by Gasteiger charge is 2.22. The van der Waals surface area contributed by atoms with Crippen LogP contribution in [0.4, 0.5) is 0 Å². The molecule has 202 valence electrons. The maximum Gasteiger partial charge on any atom is 0.394 e. The van der Waals surface area contributed by atoms with E-state index in [0.717, 1.165) is 40.7 Å². The summed E-state index contributed by atoms with van der Waals surface area (Å²) in [6, 6.07) is 25.2. The van der Waals surface area contributed by atoms with Gasteiger partial charge in [-0.25, -0.2) is 4.79 Å². The van der Waals surface area contributed by atoms with Crippen molar-refractivity contribution >= 4 is 11.9 Å². The van der Waals surface area contributed by atoms with Crippen molar-refractivity contribution in [1.82, 2.24) is 15.0 Å². The molecule has 0 aliphatic heterocycles. The van der Waals surface area contributed by atoms with E-state index in [2.05, 4.69) is 17.1 Å². The molecule has 3 aromatic carbocycles. The van der Waals surface area contributed by atoms with Crippen molar-refractivity contribution in [2.24, 2.45) is 0 Å². The minimum absolute atomic E-state index is 0.161. The molecule has 7 nitrogen and oxygen atoms in total. The molecule has 0 saturated carbocycles. The van der Waals surface area contributed by atoms with Crippen molar-refractivity contribution in [1.29, 1.82) is 0 Å². The standard InChI is InChI=1S/C32H35N3O4/c1-2-3-4-5-6-10-16-29-33-30(39-34-29)27-19-17-24(18-20-27)22-35(31(36)32(37)38)23-25-12-11-15-28(21-25)26-13-8-7-9-14-26/h7-9,11-15,17-21H,2-6,10,16,22-23H2,1H3,(H,37,38). The van der Waals surface area contributed by atoms with Gasteiger partial charge in [0.2, 0.25) is 0 Å². The van der Waals surface area contributed by atoms with Crippen LogP contribution in [0.25, 0.3) is 22.6 Å². The van der Waals surface area contributed by atoms with Crippen LogP contribution in [0.15, 0.2) is 83.4 Å². The first-order valence-electron chi connectivity index (χ1n) is 13.6. The normalized spacial score (nSPS) is 10.9. The van der Waals surface area contributed by atoms with Crippen LogP contribution >= 0.6 is 0 Å². The van der Waals surface area contributed by atoms with Gasteiger partial charge >= 0.3 is 11.9 Å². The molecule has 4 aromatic rings. The molecule has 0 spiro atoms. The number of hydrogen-bond donors (Lipinski definition) is 1. The molecule has 0 aliphatic carbocycles. The molecule has 0 saturated heterocycles. The van der Waals surface area contributed by atoms with Crippen LogP contribution in [-0.4, -0.2) is 32.0 Å². The van der Waals surface area contributed by atoms with E-state index in [-0.39, 0.29) is 13.1 Å². The molecule has 0 fully saturated rings. The van der Waals surface area contributed by atoms with Gasteiger partial charge in [0.05, 0.1) is 0 Å². The molecule has 0 unspecified atom stereocenters. The Bertz CT molecular complexity index is 1350. The summed E-state index contributed by atoms with van der Waals surface area (Å²) in [6.07, 6.45) is 8.04. The highest BCUT2D eigenvalue weighted by atomic mass is 16.5. The van der Waals surface area contributed by atoms with Crippen LogP contribution in [0.2, 0.25) is 0 Å². The highest BCUT2D eigenvalue weighted by molar-refractivity contribution is 6.31. The molecule has 1 heterocycles. The second-order valence-electron chi connectivity index (χ2n) is 9.76. The topological polar surface area (TPSA) is 96.5 Å². The minimum Gasteiger partial charge on any atom is -0.474 e. The molecule has 0 atom stereocenters. The molecule has 0 bridgehead atoms. The van der Waals surface area contributed by atoms with Crippen LogP contribution in [0.3, 0.4) is 0 Å². The number of benzene rings is 3. The number of aromatic nitrogens is 2. The Morgan fingerprint density at radius 3 is 2.21 bits per heavy atom. The number of carboxylic acid groups (broad SMARTS) is 1. The Hall–Kier alpha value is -4.26. The number of hydrogen-bond acceptors (Lipinski definition) is 5. The molecular formula is C32H35N3O4. The van der Waals surface area contributed by atoms with Gasteiger partial charge in [-0.05, 0) is 46.9 Å². The summed E-state index contributed by atoms with van der Waals surface area (Å²) >= 11 is 0. The predicted octanol–water partition coefficient (Wildman–Crippen LogP) is 6.92. The van der Waals surface area contributed by atoms with Gasteiger partial charge in [-0.3, -0.25) is 4.79 Å². The zero-order valence-electron chi connectivity index (χ0n) is 22.4. The van der Waals surface area contributed by atoms with Gasteiger partial charge < -0.3 is 14.5 Å². The van der Waals surface area contributed by atoms with Crippen LogP contribution in [0.1, 0.15) is 62.4 Å². The first kappa shape index (κ1) is 27.8. The fourth-order valence-corrected chi connectivity index (χ4v) is 4.54. The third kappa shape index (κ3) is 8.11. The number of aliphatic carboxylic acids is 1. The summed E-state index contributed by atoms with van der Waals surface area (Å²) in [6.45, 7) is 2.55. The van der Waals surface area contributed by atoms with Gasteiger partial charge in [-0.2, -0.15) is 4.98 Å². The van der Waals surface area contributed by atoms with E-state index < -0.39 is 11.9 Å². The predicted molar refractivity (Wildman–Crippen MR) is 151 cm³/mol. The number of amides is 1. The quantitative estimate of drug-likeness (QED) is 0.150. The van der Waals surface area contributed by atoms with Gasteiger partial charge in [0.25, 0.3) is 5.89 Å². The lowest BCUT2D eigenvalue weighted by atomic mass is 10.0. The monoisotopic (exact) mass is 525 g/mol. The van der Waals surface area contributed by atoms with Crippen LogP contribution in [0, 0.1) is 0 Å². The lowest BCUT2D eigenvalue weighted by Crippen LogP contribution is -2.35. The number of carbonyl (C=O) groups is 2. The Labute approximate surface area is 229 Å². The Kier molecular flexibility index (Phi) is 10.0. The number of nitrogens with zero attached hydrogens (tertiary/aromatic N) is 3. The molecule has 0 radical (unpaired) electrons. The third-order valence-corrected chi connectivity index (χ3v) is 6.67. The van der Waals surface area contributed by atoms with Crippen molar-refractivity contribution in [3.8, 4) is 22.6 Å². The zero-order chi connectivity index (χ0) is 27.5. The maximum atomic E-state index is 12.6. The number of carbonyl (C=O) groups excluding carboxylic acids is 1. The molecule has 4 rings (SSSR count). The van der Waals surface area contributed by atoms with E-state index in [9.17, 15) is 14.7 Å². The van der Waals surface area contributed by atoms with E-state index in [4.69, 9.17) is 4.52 Å². The van der Waals surface area contributed by atoms with Gasteiger partial charge in [-0.1, -0.05) is 105 Å². The van der Waals surface area contributed by atoms with E-state index in [0.29, 0.717) is 11.7 Å². The van der Waals surface area contributed by atoms with Gasteiger partial charge in [0.1, 0.15) is 0 Å². The van der Waals surface area contributed by atoms with Crippen LogP contribution in [0.5, 0.6) is 0 Å². The van der Waals surface area contributed by atoms with Crippen molar-refractivity contribution in [3.05, 3.63) is 95.8 Å². The summed E-state index contributed by atoms with van der Waals surface area (Å²) in [4.78, 5) is 30.0. The molecule has 1 N–H and O–H groups in total. The summed E-state index contributed by atoms with van der Waals surface area (Å²) in [5.74, 6) is -1.26. The largest absolute Gasteiger partial charge is 0.474 e. The second-order valence-corrected chi connectivity index (χ2v) is 9.76. The zero-order valence-corrected chi connectivity index (χ0v) is 22.4. The molecule has 0 aliphatic rings. The summed E-state index contributed by atoms with van der Waals surface area (Å²) < 4.78 is 5.46. The minimum atomic E-state index is -1.48. The molecule has 1 amide bonds. The number of rotatable bonds is 13. The van der Waals surface area contributed by atoms with E-state index >= 15 is 0 Å². The van der Waals surface area contributed by atoms with Crippen molar-refractivity contribution in [2.75, 3.05) is 0 Å². The lowest BCUT2D eigenvalue weighted by molar-refractivity contribution is -0.156. The second kappa shape index (κ2) is 14.0. The van der Waals surface area contributed by atoms with Crippen molar-refractivity contribution in [3.63, 3.8) is 0 Å². The van der Waals surface area contributed by atoms with Crippen LogP contribution < -0.4 is 0 Å². The number of unbranched alkanes of at least 4 members (excludes halogenated alkanes) is 5. The van der Waals surface area contributed by atoms with E-state index in [1.807, 2.05) is 78.9 Å². The smallest absolute Gasteiger partial charge is 0.394 e.